The van der Waals surface area contributed by atoms with Crippen molar-refractivity contribution in [2.24, 2.45) is 0 Å². The van der Waals surface area contributed by atoms with Crippen LogP contribution in [0.25, 0.3) is 0 Å². The van der Waals surface area contributed by atoms with Gasteiger partial charge in [-0.25, -0.2) is 0 Å². The lowest BCUT2D eigenvalue weighted by Gasteiger charge is -2.00. The fraction of sp³-hybridized carbons (Fsp3) is 0.250. The van der Waals surface area contributed by atoms with Gasteiger partial charge >= 0.3 is 0 Å². The smallest absolute Gasteiger partial charge is 0.180 e. The highest BCUT2D eigenvalue weighted by molar-refractivity contribution is 7.08. The zero-order valence-electron chi connectivity index (χ0n) is 9.23. The summed E-state index contributed by atoms with van der Waals surface area (Å²) < 4.78 is 3.77. The second-order valence-electron chi connectivity index (χ2n) is 3.78. The summed E-state index contributed by atoms with van der Waals surface area (Å²) in [5.74, 6) is 0.0955. The van der Waals surface area contributed by atoms with Crippen LogP contribution in [0.4, 0.5) is 0 Å². The first-order chi connectivity index (χ1) is 7.66. The SMILES string of the molecule is Cc1cccc(CC(=O)c2snnc2C)c1. The Bertz CT molecular complexity index is 519. The molecule has 0 aliphatic rings. The van der Waals surface area contributed by atoms with Crippen molar-refractivity contribution in [3.8, 4) is 0 Å². The number of rotatable bonds is 3. The molecule has 2 aromatic rings. The Morgan fingerprint density at radius 1 is 1.38 bits per heavy atom. The Kier molecular flexibility index (Phi) is 3.10. The Hall–Kier alpha value is -1.55. The maximum atomic E-state index is 11.9. The van der Waals surface area contributed by atoms with Gasteiger partial charge in [0.25, 0.3) is 0 Å². The van der Waals surface area contributed by atoms with E-state index in [0.29, 0.717) is 11.3 Å². The first-order valence-electron chi connectivity index (χ1n) is 5.04. The van der Waals surface area contributed by atoms with Gasteiger partial charge in [-0.3, -0.25) is 4.79 Å². The number of aryl methyl sites for hydroxylation is 2. The molecule has 0 N–H and O–H groups in total. The third-order valence-electron chi connectivity index (χ3n) is 2.35. The quantitative estimate of drug-likeness (QED) is 0.764. The number of ketones is 1. The summed E-state index contributed by atoms with van der Waals surface area (Å²) in [6.45, 7) is 3.83. The third kappa shape index (κ3) is 2.33. The van der Waals surface area contributed by atoms with Crippen molar-refractivity contribution in [3.05, 3.63) is 46.0 Å². The Labute approximate surface area is 98.3 Å². The molecule has 0 spiro atoms. The predicted molar refractivity (Wildman–Crippen MR) is 63.9 cm³/mol. The molecule has 2 rings (SSSR count). The maximum absolute atomic E-state index is 11.9. The molecule has 0 fully saturated rings. The lowest BCUT2D eigenvalue weighted by atomic mass is 10.1. The van der Waals surface area contributed by atoms with Crippen LogP contribution in [-0.2, 0) is 6.42 Å². The molecule has 0 aliphatic carbocycles. The Balaban J connectivity index is 2.17. The lowest BCUT2D eigenvalue weighted by Crippen LogP contribution is -2.03. The van der Waals surface area contributed by atoms with Crippen LogP contribution < -0.4 is 0 Å². The molecule has 0 amide bonds. The zero-order chi connectivity index (χ0) is 11.5. The molecule has 16 heavy (non-hydrogen) atoms. The summed E-state index contributed by atoms with van der Waals surface area (Å²) >= 11 is 1.17. The monoisotopic (exact) mass is 232 g/mol. The van der Waals surface area contributed by atoms with E-state index < -0.39 is 0 Å². The van der Waals surface area contributed by atoms with Crippen LogP contribution in [0.15, 0.2) is 24.3 Å². The highest BCUT2D eigenvalue weighted by Crippen LogP contribution is 2.14. The fourth-order valence-electron chi connectivity index (χ4n) is 1.57. The van der Waals surface area contributed by atoms with Gasteiger partial charge in [-0.15, -0.1) is 5.10 Å². The molecule has 0 unspecified atom stereocenters. The number of carbonyl (C=O) groups is 1. The number of carbonyl (C=O) groups excluding carboxylic acids is 1. The summed E-state index contributed by atoms with van der Waals surface area (Å²) in [5.41, 5.74) is 2.94. The summed E-state index contributed by atoms with van der Waals surface area (Å²) in [6, 6.07) is 7.99. The fourth-order valence-corrected chi connectivity index (χ4v) is 2.17. The predicted octanol–water partition coefficient (Wildman–Crippen LogP) is 2.58. The molecule has 0 aliphatic heterocycles. The summed E-state index contributed by atoms with van der Waals surface area (Å²) in [7, 11) is 0. The summed E-state index contributed by atoms with van der Waals surface area (Å²) in [5, 5.41) is 3.84. The van der Waals surface area contributed by atoms with Crippen molar-refractivity contribution in [1.82, 2.24) is 9.59 Å². The molecule has 4 heteroatoms. The second kappa shape index (κ2) is 4.53. The van der Waals surface area contributed by atoms with Crippen molar-refractivity contribution in [2.45, 2.75) is 20.3 Å². The maximum Gasteiger partial charge on any atom is 0.180 e. The van der Waals surface area contributed by atoms with Crippen molar-refractivity contribution in [2.75, 3.05) is 0 Å². The molecule has 0 saturated carbocycles. The number of hydrogen-bond donors (Lipinski definition) is 0. The van der Waals surface area contributed by atoms with Gasteiger partial charge in [0.05, 0.1) is 5.69 Å². The minimum Gasteiger partial charge on any atom is -0.293 e. The lowest BCUT2D eigenvalue weighted by molar-refractivity contribution is 0.0996. The van der Waals surface area contributed by atoms with Crippen molar-refractivity contribution >= 4 is 17.3 Å². The van der Waals surface area contributed by atoms with Crippen LogP contribution in [-0.4, -0.2) is 15.4 Å². The van der Waals surface area contributed by atoms with E-state index in [9.17, 15) is 4.79 Å². The van der Waals surface area contributed by atoms with Crippen molar-refractivity contribution < 1.29 is 4.79 Å². The van der Waals surface area contributed by atoms with Crippen LogP contribution in [0.5, 0.6) is 0 Å². The number of Topliss-reactive ketones (excluding diaryl/α,β-unsaturated/α-hetero) is 1. The van der Waals surface area contributed by atoms with Gasteiger partial charge in [-0.1, -0.05) is 34.3 Å². The van der Waals surface area contributed by atoms with Gasteiger partial charge in [-0.05, 0) is 30.9 Å². The molecule has 1 aromatic heterocycles. The molecule has 3 nitrogen and oxygen atoms in total. The topological polar surface area (TPSA) is 42.9 Å². The van der Waals surface area contributed by atoms with E-state index in [4.69, 9.17) is 0 Å². The van der Waals surface area contributed by atoms with E-state index in [2.05, 4.69) is 9.59 Å². The van der Waals surface area contributed by atoms with E-state index in [0.717, 1.165) is 11.3 Å². The highest BCUT2D eigenvalue weighted by atomic mass is 32.1. The van der Waals surface area contributed by atoms with Crippen LogP contribution in [0.2, 0.25) is 0 Å². The zero-order valence-corrected chi connectivity index (χ0v) is 10.0. The van der Waals surface area contributed by atoms with E-state index in [-0.39, 0.29) is 5.78 Å². The van der Waals surface area contributed by atoms with Gasteiger partial charge in [0.1, 0.15) is 4.88 Å². The van der Waals surface area contributed by atoms with Crippen molar-refractivity contribution in [3.63, 3.8) is 0 Å². The first kappa shape index (κ1) is 11.0. The molecule has 0 bridgehead atoms. The molecule has 1 aromatic carbocycles. The number of aromatic nitrogens is 2. The normalized spacial score (nSPS) is 10.4. The van der Waals surface area contributed by atoms with Crippen molar-refractivity contribution in [1.29, 1.82) is 0 Å². The molecular weight excluding hydrogens is 220 g/mol. The van der Waals surface area contributed by atoms with Gasteiger partial charge in [0, 0.05) is 6.42 Å². The first-order valence-corrected chi connectivity index (χ1v) is 5.82. The number of benzene rings is 1. The van der Waals surface area contributed by atoms with Crippen LogP contribution in [0.1, 0.15) is 26.5 Å². The van der Waals surface area contributed by atoms with E-state index in [1.54, 1.807) is 0 Å². The largest absolute Gasteiger partial charge is 0.293 e. The summed E-state index contributed by atoms with van der Waals surface area (Å²) in [6.07, 6.45) is 0.423. The van der Waals surface area contributed by atoms with E-state index >= 15 is 0 Å². The van der Waals surface area contributed by atoms with E-state index in [1.807, 2.05) is 38.1 Å². The summed E-state index contributed by atoms with van der Waals surface area (Å²) in [4.78, 5) is 12.6. The minimum atomic E-state index is 0.0955. The molecule has 0 radical (unpaired) electrons. The molecule has 82 valence electrons. The Morgan fingerprint density at radius 2 is 2.19 bits per heavy atom. The van der Waals surface area contributed by atoms with Gasteiger partial charge < -0.3 is 0 Å². The molecule has 1 heterocycles. The third-order valence-corrected chi connectivity index (χ3v) is 3.22. The van der Waals surface area contributed by atoms with Crippen LogP contribution >= 0.6 is 11.5 Å². The van der Waals surface area contributed by atoms with Crippen LogP contribution in [0.3, 0.4) is 0 Å². The average Bonchev–Trinajstić information content (AvgIpc) is 2.64. The average molecular weight is 232 g/mol. The minimum absolute atomic E-state index is 0.0955. The Morgan fingerprint density at radius 3 is 2.81 bits per heavy atom. The van der Waals surface area contributed by atoms with Gasteiger partial charge in [-0.2, -0.15) is 0 Å². The van der Waals surface area contributed by atoms with Gasteiger partial charge in [0.2, 0.25) is 0 Å². The molecule has 0 saturated heterocycles. The van der Waals surface area contributed by atoms with Crippen LogP contribution in [0, 0.1) is 13.8 Å². The van der Waals surface area contributed by atoms with Gasteiger partial charge in [0.15, 0.2) is 5.78 Å². The number of hydrogen-bond acceptors (Lipinski definition) is 4. The second-order valence-corrected chi connectivity index (χ2v) is 4.53. The van der Waals surface area contributed by atoms with E-state index in [1.165, 1.54) is 17.1 Å². The highest BCUT2D eigenvalue weighted by Gasteiger charge is 2.13. The molecular formula is C12H12N2OS. The molecule has 0 atom stereocenters. The standard InChI is InChI=1S/C12H12N2OS/c1-8-4-3-5-10(6-8)7-11(15)12-9(2)13-14-16-12/h3-6H,7H2,1-2H3. The number of nitrogens with zero attached hydrogens (tertiary/aromatic N) is 2.